The van der Waals surface area contributed by atoms with E-state index in [-0.39, 0.29) is 0 Å². The number of rotatable bonds is 5. The summed E-state index contributed by atoms with van der Waals surface area (Å²) in [6, 6.07) is 0. The molecule has 0 fully saturated rings. The highest BCUT2D eigenvalue weighted by atomic mass is 32.1. The van der Waals surface area contributed by atoms with Gasteiger partial charge in [0.05, 0.1) is 5.38 Å². The van der Waals surface area contributed by atoms with Crippen LogP contribution in [0.25, 0.3) is 0 Å². The Bertz CT molecular complexity index is 283. The van der Waals surface area contributed by atoms with Gasteiger partial charge < -0.3 is 9.90 Å². The molecule has 0 bridgehead atoms. The van der Waals surface area contributed by atoms with Crippen molar-refractivity contribution in [1.82, 2.24) is 0 Å². The smallest absolute Gasteiger partial charge is 0.284 e. The Labute approximate surface area is 81.6 Å². The van der Waals surface area contributed by atoms with Crippen LogP contribution >= 0.6 is 11.3 Å². The topological polar surface area (TPSA) is 44.0 Å². The van der Waals surface area contributed by atoms with Gasteiger partial charge in [0.15, 0.2) is 12.2 Å². The lowest BCUT2D eigenvalue weighted by molar-refractivity contribution is -0.696. The predicted molar refractivity (Wildman–Crippen MR) is 48.4 cm³/mol. The van der Waals surface area contributed by atoms with Gasteiger partial charge in [0.1, 0.15) is 6.54 Å². The van der Waals surface area contributed by atoms with Gasteiger partial charge in [-0.25, -0.2) is 0 Å². The highest BCUT2D eigenvalue weighted by Gasteiger charge is 2.12. The number of hydrogen-bond donors (Lipinski definition) is 0. The molecule has 0 amide bonds. The standard InChI is InChI=1S/C9H13NO2S/c1-2-3-4-5-10-6-7-13-8(10)9(11)12/h6-7H,2-5H2,1H3. The number of thiazole rings is 1. The van der Waals surface area contributed by atoms with Crippen molar-refractivity contribution in [2.24, 2.45) is 0 Å². The molecule has 0 aliphatic carbocycles. The van der Waals surface area contributed by atoms with Gasteiger partial charge in [0.25, 0.3) is 5.01 Å². The molecule has 0 unspecified atom stereocenters. The minimum Gasteiger partial charge on any atom is -0.539 e. The molecule has 0 radical (unpaired) electrons. The molecule has 0 saturated heterocycles. The first kappa shape index (κ1) is 10.2. The lowest BCUT2D eigenvalue weighted by atomic mass is 10.2. The summed E-state index contributed by atoms with van der Waals surface area (Å²) in [5.74, 6) is -1.08. The Morgan fingerprint density at radius 1 is 1.62 bits per heavy atom. The van der Waals surface area contributed by atoms with Crippen LogP contribution in [0.5, 0.6) is 0 Å². The molecule has 1 heterocycles. The number of carboxylic acid groups (broad SMARTS) is 1. The maximum atomic E-state index is 10.6. The summed E-state index contributed by atoms with van der Waals surface area (Å²) in [5, 5.41) is 12.7. The summed E-state index contributed by atoms with van der Waals surface area (Å²) in [7, 11) is 0. The monoisotopic (exact) mass is 199 g/mol. The number of hydrogen-bond acceptors (Lipinski definition) is 3. The molecule has 4 heteroatoms. The molecule has 1 rings (SSSR count). The molecule has 0 aliphatic heterocycles. The lowest BCUT2D eigenvalue weighted by Gasteiger charge is -1.97. The minimum absolute atomic E-state index is 0.316. The van der Waals surface area contributed by atoms with Crippen LogP contribution in [0.1, 0.15) is 36.0 Å². The lowest BCUT2D eigenvalue weighted by Crippen LogP contribution is -2.41. The van der Waals surface area contributed by atoms with E-state index >= 15 is 0 Å². The average molecular weight is 199 g/mol. The number of aryl methyl sites for hydroxylation is 1. The van der Waals surface area contributed by atoms with Crippen LogP contribution in [-0.2, 0) is 6.54 Å². The van der Waals surface area contributed by atoms with Gasteiger partial charge in [-0.2, -0.15) is 4.57 Å². The van der Waals surface area contributed by atoms with Gasteiger partial charge in [0.2, 0.25) is 0 Å². The third-order valence-electron chi connectivity index (χ3n) is 1.86. The van der Waals surface area contributed by atoms with Gasteiger partial charge >= 0.3 is 0 Å². The van der Waals surface area contributed by atoms with Crippen LogP contribution in [-0.4, -0.2) is 5.97 Å². The van der Waals surface area contributed by atoms with E-state index < -0.39 is 5.97 Å². The van der Waals surface area contributed by atoms with Crippen molar-refractivity contribution in [2.75, 3.05) is 0 Å². The van der Waals surface area contributed by atoms with E-state index in [1.54, 1.807) is 16.1 Å². The molecule has 0 spiro atoms. The van der Waals surface area contributed by atoms with Crippen molar-refractivity contribution in [3.8, 4) is 0 Å². The number of carbonyl (C=O) groups excluding carboxylic acids is 1. The normalized spacial score (nSPS) is 10.2. The molecule has 1 aromatic rings. The molecule has 3 nitrogen and oxygen atoms in total. The van der Waals surface area contributed by atoms with Gasteiger partial charge in [-0.3, -0.25) is 0 Å². The Morgan fingerprint density at radius 3 is 3.00 bits per heavy atom. The predicted octanol–water partition coefficient (Wildman–Crippen LogP) is 0.589. The molecule has 0 saturated carbocycles. The zero-order valence-electron chi connectivity index (χ0n) is 7.66. The second-order valence-electron chi connectivity index (χ2n) is 2.90. The molecule has 0 N–H and O–H groups in total. The summed E-state index contributed by atoms with van der Waals surface area (Å²) >= 11 is 1.22. The second-order valence-corrected chi connectivity index (χ2v) is 3.79. The number of carbonyl (C=O) groups is 1. The summed E-state index contributed by atoms with van der Waals surface area (Å²) in [6.07, 6.45) is 5.10. The molecule has 0 atom stereocenters. The van der Waals surface area contributed by atoms with E-state index in [1.807, 2.05) is 0 Å². The second kappa shape index (κ2) is 4.97. The fourth-order valence-electron chi connectivity index (χ4n) is 1.18. The average Bonchev–Trinajstić information content (AvgIpc) is 2.53. The Kier molecular flexibility index (Phi) is 3.89. The Morgan fingerprint density at radius 2 is 2.38 bits per heavy atom. The zero-order chi connectivity index (χ0) is 9.68. The summed E-state index contributed by atoms with van der Waals surface area (Å²) in [4.78, 5) is 10.6. The summed E-state index contributed by atoms with van der Waals surface area (Å²) in [6.45, 7) is 2.90. The van der Waals surface area contributed by atoms with Crippen molar-refractivity contribution < 1.29 is 14.5 Å². The summed E-state index contributed by atoms with van der Waals surface area (Å²) in [5.41, 5.74) is 0. The van der Waals surface area contributed by atoms with Crippen molar-refractivity contribution in [3.05, 3.63) is 16.6 Å². The molecule has 0 aliphatic rings. The maximum Gasteiger partial charge on any atom is 0.284 e. The minimum atomic E-state index is -1.08. The molecule has 1 aromatic heterocycles. The number of aromatic carboxylic acids is 1. The molecule has 13 heavy (non-hydrogen) atoms. The Hall–Kier alpha value is -0.900. The van der Waals surface area contributed by atoms with Crippen molar-refractivity contribution >= 4 is 17.3 Å². The fraction of sp³-hybridized carbons (Fsp3) is 0.556. The Balaban J connectivity index is 2.55. The first-order valence-corrected chi connectivity index (χ1v) is 5.32. The van der Waals surface area contributed by atoms with E-state index in [0.717, 1.165) is 25.8 Å². The number of carboxylic acids is 1. The van der Waals surface area contributed by atoms with Crippen LogP contribution in [0.3, 0.4) is 0 Å². The van der Waals surface area contributed by atoms with E-state index in [9.17, 15) is 9.90 Å². The molecule has 0 aromatic carbocycles. The zero-order valence-corrected chi connectivity index (χ0v) is 8.47. The van der Waals surface area contributed by atoms with Crippen LogP contribution in [0.4, 0.5) is 0 Å². The van der Waals surface area contributed by atoms with E-state index in [1.165, 1.54) is 11.3 Å². The van der Waals surface area contributed by atoms with Gasteiger partial charge in [0, 0.05) is 6.42 Å². The van der Waals surface area contributed by atoms with Crippen LogP contribution < -0.4 is 9.67 Å². The number of aromatic nitrogens is 1. The number of unbranched alkanes of at least 4 members (excludes halogenated alkanes) is 2. The third kappa shape index (κ3) is 2.81. The first-order chi connectivity index (χ1) is 6.25. The van der Waals surface area contributed by atoms with E-state index in [2.05, 4.69) is 6.92 Å². The SMILES string of the molecule is CCCCC[n+]1ccsc1C(=O)[O-]. The van der Waals surface area contributed by atoms with E-state index in [0.29, 0.717) is 5.01 Å². The van der Waals surface area contributed by atoms with Crippen molar-refractivity contribution in [2.45, 2.75) is 32.7 Å². The molecular weight excluding hydrogens is 186 g/mol. The third-order valence-corrected chi connectivity index (χ3v) is 2.74. The largest absolute Gasteiger partial charge is 0.539 e. The van der Waals surface area contributed by atoms with Gasteiger partial charge in [-0.1, -0.05) is 24.7 Å². The first-order valence-electron chi connectivity index (χ1n) is 4.44. The van der Waals surface area contributed by atoms with Crippen molar-refractivity contribution in [3.63, 3.8) is 0 Å². The van der Waals surface area contributed by atoms with Crippen molar-refractivity contribution in [1.29, 1.82) is 0 Å². The molecular formula is C9H13NO2S. The van der Waals surface area contributed by atoms with Gasteiger partial charge in [-0.05, 0) is 6.42 Å². The summed E-state index contributed by atoms with van der Waals surface area (Å²) < 4.78 is 1.75. The van der Waals surface area contributed by atoms with Crippen LogP contribution in [0.2, 0.25) is 0 Å². The highest BCUT2D eigenvalue weighted by Crippen LogP contribution is 2.02. The van der Waals surface area contributed by atoms with Crippen LogP contribution in [0.15, 0.2) is 11.6 Å². The fourth-order valence-corrected chi connectivity index (χ4v) is 1.90. The molecule has 72 valence electrons. The van der Waals surface area contributed by atoms with Gasteiger partial charge in [-0.15, -0.1) is 0 Å². The quantitative estimate of drug-likeness (QED) is 0.514. The number of nitrogens with zero attached hydrogens (tertiary/aromatic N) is 1. The van der Waals surface area contributed by atoms with Crippen LogP contribution in [0, 0.1) is 0 Å². The maximum absolute atomic E-state index is 10.6. The highest BCUT2D eigenvalue weighted by molar-refractivity contribution is 7.11. The van der Waals surface area contributed by atoms with E-state index in [4.69, 9.17) is 0 Å².